The molecule has 0 aliphatic carbocycles. The van der Waals surface area contributed by atoms with Crippen molar-refractivity contribution in [2.24, 2.45) is 0 Å². The zero-order chi connectivity index (χ0) is 17.4. The van der Waals surface area contributed by atoms with E-state index in [0.29, 0.717) is 6.54 Å². The fourth-order valence-electron chi connectivity index (χ4n) is 3.40. The summed E-state index contributed by atoms with van der Waals surface area (Å²) in [7, 11) is 0. The van der Waals surface area contributed by atoms with Crippen molar-refractivity contribution in [1.29, 1.82) is 0 Å². The molecule has 6 heteroatoms. The van der Waals surface area contributed by atoms with Crippen LogP contribution in [0.3, 0.4) is 0 Å². The normalized spacial score (nSPS) is 16.5. The van der Waals surface area contributed by atoms with Crippen LogP contribution in [0, 0.1) is 0 Å². The Morgan fingerprint density at radius 1 is 0.960 bits per heavy atom. The van der Waals surface area contributed by atoms with Crippen molar-refractivity contribution in [3.63, 3.8) is 0 Å². The molecule has 3 heterocycles. The molecule has 1 aromatic heterocycles. The Labute approximate surface area is 145 Å². The lowest BCUT2D eigenvalue weighted by atomic mass is 10.0. The zero-order valence-corrected chi connectivity index (χ0v) is 13.6. The molecule has 2 aromatic rings. The van der Waals surface area contributed by atoms with Gasteiger partial charge in [0.25, 0.3) is 0 Å². The third-order valence-electron chi connectivity index (χ3n) is 4.74. The number of pyridine rings is 1. The minimum absolute atomic E-state index is 0.163. The van der Waals surface area contributed by atoms with Crippen LogP contribution in [0.25, 0.3) is 11.1 Å². The van der Waals surface area contributed by atoms with Crippen LogP contribution in [0.2, 0.25) is 0 Å². The molecule has 1 aromatic carbocycles. The van der Waals surface area contributed by atoms with Crippen molar-refractivity contribution in [1.82, 2.24) is 9.88 Å². The molecule has 0 atom stereocenters. The van der Waals surface area contributed by atoms with Crippen LogP contribution < -0.4 is 4.90 Å². The lowest BCUT2D eigenvalue weighted by molar-refractivity contribution is -0.141. The first-order chi connectivity index (χ1) is 12.1. The molecule has 25 heavy (non-hydrogen) atoms. The second-order valence-corrected chi connectivity index (χ2v) is 6.25. The van der Waals surface area contributed by atoms with Crippen molar-refractivity contribution in [2.75, 3.05) is 18.0 Å². The molecule has 0 bridgehead atoms. The van der Waals surface area contributed by atoms with E-state index in [1.165, 1.54) is 0 Å². The Morgan fingerprint density at radius 3 is 2.40 bits per heavy atom. The number of nitrogens with zero attached hydrogens (tertiary/aromatic N) is 3. The smallest absolute Gasteiger partial charge is 0.247 e. The zero-order valence-electron chi connectivity index (χ0n) is 13.6. The Kier molecular flexibility index (Phi) is 3.80. The van der Waals surface area contributed by atoms with Gasteiger partial charge in [-0.05, 0) is 47.4 Å². The Morgan fingerprint density at radius 2 is 1.68 bits per heavy atom. The van der Waals surface area contributed by atoms with Gasteiger partial charge >= 0.3 is 0 Å². The predicted octanol–water partition coefficient (Wildman–Crippen LogP) is 1.79. The average molecular weight is 335 g/mol. The highest BCUT2D eigenvalue weighted by atomic mass is 16.2. The Balaban J connectivity index is 1.55. The van der Waals surface area contributed by atoms with E-state index in [9.17, 15) is 14.4 Å². The topological polar surface area (TPSA) is 70.6 Å². The number of hydrogen-bond donors (Lipinski definition) is 0. The quantitative estimate of drug-likeness (QED) is 0.802. The standard InChI is InChI=1S/C19H17N3O3/c23-17-3-4-18(24)22(17)12-19(25)21-10-7-15-11-14(1-2-16(15)21)13-5-8-20-9-6-13/h1-2,5-6,8-9,11H,3-4,7,10,12H2. The first kappa shape index (κ1) is 15.5. The maximum Gasteiger partial charge on any atom is 0.247 e. The van der Waals surface area contributed by atoms with E-state index in [1.807, 2.05) is 24.3 Å². The van der Waals surface area contributed by atoms with Crippen LogP contribution in [0.1, 0.15) is 18.4 Å². The summed E-state index contributed by atoms with van der Waals surface area (Å²) in [6.07, 6.45) is 4.68. The van der Waals surface area contributed by atoms with E-state index in [-0.39, 0.29) is 37.1 Å². The van der Waals surface area contributed by atoms with Gasteiger partial charge in [0.15, 0.2) is 0 Å². The second kappa shape index (κ2) is 6.12. The number of likely N-dealkylation sites (tertiary alicyclic amines) is 1. The van der Waals surface area contributed by atoms with Gasteiger partial charge in [0, 0.05) is 37.5 Å². The fraction of sp³-hybridized carbons (Fsp3) is 0.263. The summed E-state index contributed by atoms with van der Waals surface area (Å²) in [6.45, 7) is 0.410. The van der Waals surface area contributed by atoms with Crippen molar-refractivity contribution >= 4 is 23.4 Å². The minimum atomic E-state index is -0.259. The fourth-order valence-corrected chi connectivity index (χ4v) is 3.40. The van der Waals surface area contributed by atoms with E-state index in [4.69, 9.17) is 0 Å². The van der Waals surface area contributed by atoms with Crippen LogP contribution in [-0.2, 0) is 20.8 Å². The van der Waals surface area contributed by atoms with Crippen molar-refractivity contribution < 1.29 is 14.4 Å². The van der Waals surface area contributed by atoms with Crippen LogP contribution in [0.4, 0.5) is 5.69 Å². The van der Waals surface area contributed by atoms with Crippen LogP contribution >= 0.6 is 0 Å². The lowest BCUT2D eigenvalue weighted by Crippen LogP contribution is -2.41. The second-order valence-electron chi connectivity index (χ2n) is 6.25. The highest BCUT2D eigenvalue weighted by Gasteiger charge is 2.33. The third kappa shape index (κ3) is 2.80. The van der Waals surface area contributed by atoms with E-state index in [1.54, 1.807) is 17.3 Å². The number of anilines is 1. The van der Waals surface area contributed by atoms with Gasteiger partial charge in [-0.2, -0.15) is 0 Å². The number of rotatable bonds is 3. The largest absolute Gasteiger partial charge is 0.310 e. The summed E-state index contributed by atoms with van der Waals surface area (Å²) < 4.78 is 0. The maximum atomic E-state index is 12.6. The SMILES string of the molecule is O=C1CCC(=O)N1CC(=O)N1CCc2cc(-c3ccncc3)ccc21. The molecule has 0 saturated carbocycles. The first-order valence-electron chi connectivity index (χ1n) is 8.30. The number of carbonyl (C=O) groups is 3. The molecule has 0 radical (unpaired) electrons. The van der Waals surface area contributed by atoms with E-state index in [0.717, 1.165) is 33.7 Å². The molecule has 126 valence electrons. The van der Waals surface area contributed by atoms with E-state index < -0.39 is 0 Å². The van der Waals surface area contributed by atoms with Crippen molar-refractivity contribution in [3.8, 4) is 11.1 Å². The first-order valence-corrected chi connectivity index (χ1v) is 8.30. The number of imide groups is 1. The van der Waals surface area contributed by atoms with Gasteiger partial charge in [-0.15, -0.1) is 0 Å². The van der Waals surface area contributed by atoms with Crippen LogP contribution in [0.15, 0.2) is 42.7 Å². The Hall–Kier alpha value is -3.02. The number of benzene rings is 1. The summed E-state index contributed by atoms with van der Waals surface area (Å²) in [5.41, 5.74) is 4.12. The molecule has 1 saturated heterocycles. The molecule has 4 rings (SSSR count). The third-order valence-corrected chi connectivity index (χ3v) is 4.74. The number of aromatic nitrogens is 1. The average Bonchev–Trinajstić information content (AvgIpc) is 3.20. The van der Waals surface area contributed by atoms with Crippen molar-refractivity contribution in [2.45, 2.75) is 19.3 Å². The van der Waals surface area contributed by atoms with Gasteiger partial charge in [-0.25, -0.2) is 0 Å². The molecular formula is C19H17N3O3. The predicted molar refractivity (Wildman–Crippen MR) is 91.7 cm³/mol. The minimum Gasteiger partial charge on any atom is -0.310 e. The summed E-state index contributed by atoms with van der Waals surface area (Å²) in [5, 5.41) is 0. The number of carbonyl (C=O) groups excluding carboxylic acids is 3. The Bertz CT molecular complexity index is 847. The van der Waals surface area contributed by atoms with Gasteiger partial charge in [0.2, 0.25) is 17.7 Å². The highest BCUT2D eigenvalue weighted by molar-refractivity contribution is 6.07. The molecule has 0 unspecified atom stereocenters. The van der Waals surface area contributed by atoms with Gasteiger partial charge in [0.05, 0.1) is 0 Å². The number of hydrogen-bond acceptors (Lipinski definition) is 4. The number of fused-ring (bicyclic) bond motifs is 1. The molecule has 0 N–H and O–H groups in total. The number of amides is 3. The van der Waals surface area contributed by atoms with Crippen molar-refractivity contribution in [3.05, 3.63) is 48.3 Å². The summed E-state index contributed by atoms with van der Waals surface area (Å²) in [6, 6.07) is 9.90. The van der Waals surface area contributed by atoms with Gasteiger partial charge in [-0.1, -0.05) is 6.07 Å². The van der Waals surface area contributed by atoms with Crippen LogP contribution in [-0.4, -0.2) is 40.7 Å². The lowest BCUT2D eigenvalue weighted by Gasteiger charge is -2.21. The molecular weight excluding hydrogens is 318 g/mol. The maximum absolute atomic E-state index is 12.6. The summed E-state index contributed by atoms with van der Waals surface area (Å²) in [4.78, 5) is 42.8. The molecule has 2 aliphatic heterocycles. The van der Waals surface area contributed by atoms with Gasteiger partial charge in [0.1, 0.15) is 6.54 Å². The van der Waals surface area contributed by atoms with E-state index in [2.05, 4.69) is 11.1 Å². The molecule has 0 spiro atoms. The highest BCUT2D eigenvalue weighted by Crippen LogP contribution is 2.32. The molecule has 1 fully saturated rings. The van der Waals surface area contributed by atoms with Gasteiger partial charge < -0.3 is 4.90 Å². The van der Waals surface area contributed by atoms with Crippen LogP contribution in [0.5, 0.6) is 0 Å². The molecule has 6 nitrogen and oxygen atoms in total. The molecule has 3 amide bonds. The monoisotopic (exact) mass is 335 g/mol. The van der Waals surface area contributed by atoms with E-state index >= 15 is 0 Å². The molecule has 2 aliphatic rings. The summed E-state index contributed by atoms with van der Waals surface area (Å²) in [5.74, 6) is -0.726. The van der Waals surface area contributed by atoms with Gasteiger partial charge in [-0.3, -0.25) is 24.3 Å². The summed E-state index contributed by atoms with van der Waals surface area (Å²) >= 11 is 0.